The number of halogens is 1. The number of nitrogen functional groups attached to an aromatic ring is 1. The summed E-state index contributed by atoms with van der Waals surface area (Å²) in [5.74, 6) is -0.0415. The second-order valence-electron chi connectivity index (χ2n) is 3.87. The van der Waals surface area contributed by atoms with E-state index < -0.39 is 0 Å². The fraction of sp³-hybridized carbons (Fsp3) is 0.417. The van der Waals surface area contributed by atoms with Crippen molar-refractivity contribution in [2.75, 3.05) is 18.2 Å². The first-order chi connectivity index (χ1) is 8.02. The summed E-state index contributed by atoms with van der Waals surface area (Å²) in [5.41, 5.74) is 6.97. The van der Waals surface area contributed by atoms with Gasteiger partial charge in [-0.25, -0.2) is 0 Å². The molecule has 0 saturated heterocycles. The van der Waals surface area contributed by atoms with Gasteiger partial charge in [0, 0.05) is 23.7 Å². The fourth-order valence-electron chi connectivity index (χ4n) is 1.30. The van der Waals surface area contributed by atoms with Gasteiger partial charge in [-0.05, 0) is 47.5 Å². The maximum Gasteiger partial charge on any atom is 0.224 e. The largest absolute Gasteiger partial charge is 0.399 e. The second kappa shape index (κ2) is 6.61. The molecule has 1 rings (SSSR count). The number of anilines is 2. The number of nitrogens with two attached hydrogens (primary N) is 1. The van der Waals surface area contributed by atoms with E-state index in [-0.39, 0.29) is 12.0 Å². The quantitative estimate of drug-likeness (QED) is 0.822. The Morgan fingerprint density at radius 2 is 2.29 bits per heavy atom. The van der Waals surface area contributed by atoms with Crippen molar-refractivity contribution in [2.24, 2.45) is 0 Å². The Morgan fingerprint density at radius 3 is 2.94 bits per heavy atom. The summed E-state index contributed by atoms with van der Waals surface area (Å²) >= 11 is 3.36. The topological polar surface area (TPSA) is 64.3 Å². The highest BCUT2D eigenvalue weighted by atomic mass is 79.9. The average molecular weight is 301 g/mol. The van der Waals surface area contributed by atoms with E-state index in [0.717, 1.165) is 4.47 Å². The fourth-order valence-corrected chi connectivity index (χ4v) is 1.65. The molecule has 0 spiro atoms. The van der Waals surface area contributed by atoms with Gasteiger partial charge in [0.2, 0.25) is 5.91 Å². The Bertz CT molecular complexity index is 396. The van der Waals surface area contributed by atoms with Gasteiger partial charge in [0.05, 0.1) is 11.8 Å². The van der Waals surface area contributed by atoms with Crippen LogP contribution in [0, 0.1) is 0 Å². The van der Waals surface area contributed by atoms with Gasteiger partial charge in [-0.2, -0.15) is 0 Å². The van der Waals surface area contributed by atoms with E-state index in [1.54, 1.807) is 19.2 Å². The number of ether oxygens (including phenoxy) is 1. The van der Waals surface area contributed by atoms with E-state index >= 15 is 0 Å². The minimum Gasteiger partial charge on any atom is -0.399 e. The summed E-state index contributed by atoms with van der Waals surface area (Å²) < 4.78 is 5.90. The van der Waals surface area contributed by atoms with Crippen LogP contribution >= 0.6 is 15.9 Å². The van der Waals surface area contributed by atoms with Gasteiger partial charge in [-0.3, -0.25) is 4.79 Å². The summed E-state index contributed by atoms with van der Waals surface area (Å²) in [6, 6.07) is 5.30. The zero-order chi connectivity index (χ0) is 12.8. The highest BCUT2D eigenvalue weighted by Crippen LogP contribution is 2.24. The average Bonchev–Trinajstić information content (AvgIpc) is 2.30. The SMILES string of the molecule is COC(C)CCC(=O)Nc1cc(N)ccc1Br. The number of rotatable bonds is 5. The van der Waals surface area contributed by atoms with Gasteiger partial charge < -0.3 is 15.8 Å². The lowest BCUT2D eigenvalue weighted by Crippen LogP contribution is -2.15. The molecule has 0 aromatic heterocycles. The minimum atomic E-state index is -0.0415. The number of hydrogen-bond acceptors (Lipinski definition) is 3. The third-order valence-corrected chi connectivity index (χ3v) is 3.14. The molecule has 17 heavy (non-hydrogen) atoms. The van der Waals surface area contributed by atoms with Gasteiger partial charge >= 0.3 is 0 Å². The summed E-state index contributed by atoms with van der Waals surface area (Å²) in [4.78, 5) is 11.7. The molecule has 0 radical (unpaired) electrons. The number of nitrogens with one attached hydrogen (secondary N) is 1. The van der Waals surface area contributed by atoms with Crippen LogP contribution in [0.15, 0.2) is 22.7 Å². The van der Waals surface area contributed by atoms with E-state index in [2.05, 4.69) is 21.2 Å². The highest BCUT2D eigenvalue weighted by molar-refractivity contribution is 9.10. The first-order valence-corrected chi connectivity index (χ1v) is 6.20. The van der Waals surface area contributed by atoms with Crippen molar-refractivity contribution in [2.45, 2.75) is 25.9 Å². The first-order valence-electron chi connectivity index (χ1n) is 5.40. The zero-order valence-electron chi connectivity index (χ0n) is 10.00. The molecule has 1 unspecified atom stereocenters. The van der Waals surface area contributed by atoms with Crippen molar-refractivity contribution in [3.63, 3.8) is 0 Å². The molecule has 0 saturated carbocycles. The number of amides is 1. The van der Waals surface area contributed by atoms with Crippen molar-refractivity contribution in [3.05, 3.63) is 22.7 Å². The van der Waals surface area contributed by atoms with Crippen LogP contribution in [0.2, 0.25) is 0 Å². The molecular weight excluding hydrogens is 284 g/mol. The van der Waals surface area contributed by atoms with Crippen LogP contribution in [0.4, 0.5) is 11.4 Å². The molecule has 3 N–H and O–H groups in total. The predicted octanol–water partition coefficient (Wildman–Crippen LogP) is 2.78. The number of carbonyl (C=O) groups is 1. The van der Waals surface area contributed by atoms with E-state index in [4.69, 9.17) is 10.5 Å². The van der Waals surface area contributed by atoms with Gasteiger partial charge in [-0.1, -0.05) is 0 Å². The van der Waals surface area contributed by atoms with Gasteiger partial charge in [-0.15, -0.1) is 0 Å². The molecule has 94 valence electrons. The molecule has 0 fully saturated rings. The maximum atomic E-state index is 11.7. The first kappa shape index (κ1) is 14.0. The molecular formula is C12H17BrN2O2. The standard InChI is InChI=1S/C12H17BrN2O2/c1-8(17-2)3-6-12(16)15-11-7-9(14)4-5-10(11)13/h4-5,7-8H,3,6,14H2,1-2H3,(H,15,16). The highest BCUT2D eigenvalue weighted by Gasteiger charge is 2.08. The third kappa shape index (κ3) is 4.75. The van der Waals surface area contributed by atoms with Crippen LogP contribution < -0.4 is 11.1 Å². The van der Waals surface area contributed by atoms with Crippen molar-refractivity contribution < 1.29 is 9.53 Å². The summed E-state index contributed by atoms with van der Waals surface area (Å²) in [6.07, 6.45) is 1.21. The normalized spacial score (nSPS) is 12.2. The molecule has 1 amide bonds. The molecule has 1 atom stereocenters. The van der Waals surface area contributed by atoms with E-state index in [1.807, 2.05) is 13.0 Å². The van der Waals surface area contributed by atoms with Gasteiger partial charge in [0.25, 0.3) is 0 Å². The maximum absolute atomic E-state index is 11.7. The van der Waals surface area contributed by atoms with Crippen LogP contribution in [0.3, 0.4) is 0 Å². The molecule has 0 aliphatic heterocycles. The molecule has 0 heterocycles. The summed E-state index contributed by atoms with van der Waals surface area (Å²) in [7, 11) is 1.64. The van der Waals surface area contributed by atoms with Crippen LogP contribution in [-0.2, 0) is 9.53 Å². The summed E-state index contributed by atoms with van der Waals surface area (Å²) in [6.45, 7) is 1.93. The molecule has 0 aliphatic rings. The molecule has 0 bridgehead atoms. The lowest BCUT2D eigenvalue weighted by molar-refractivity contribution is -0.116. The Labute approximate surface area is 110 Å². The number of benzene rings is 1. The van der Waals surface area contributed by atoms with Crippen molar-refractivity contribution in [3.8, 4) is 0 Å². The Kier molecular flexibility index (Phi) is 5.44. The molecule has 4 nitrogen and oxygen atoms in total. The predicted molar refractivity (Wildman–Crippen MR) is 72.9 cm³/mol. The van der Waals surface area contributed by atoms with Crippen molar-refractivity contribution >= 4 is 33.2 Å². The lowest BCUT2D eigenvalue weighted by Gasteiger charge is -2.10. The molecule has 0 aliphatic carbocycles. The van der Waals surface area contributed by atoms with Crippen LogP contribution in [0.5, 0.6) is 0 Å². The Hall–Kier alpha value is -1.07. The Balaban J connectivity index is 2.53. The molecule has 1 aromatic rings. The van der Waals surface area contributed by atoms with Crippen molar-refractivity contribution in [1.29, 1.82) is 0 Å². The monoisotopic (exact) mass is 300 g/mol. The van der Waals surface area contributed by atoms with Crippen molar-refractivity contribution in [1.82, 2.24) is 0 Å². The third-order valence-electron chi connectivity index (χ3n) is 2.44. The minimum absolute atomic E-state index is 0.0415. The van der Waals surface area contributed by atoms with Crippen LogP contribution in [0.1, 0.15) is 19.8 Å². The number of methoxy groups -OCH3 is 1. The zero-order valence-corrected chi connectivity index (χ0v) is 11.6. The number of hydrogen-bond donors (Lipinski definition) is 2. The Morgan fingerprint density at radius 1 is 1.59 bits per heavy atom. The smallest absolute Gasteiger partial charge is 0.224 e. The van der Waals surface area contributed by atoms with Crippen LogP contribution in [0.25, 0.3) is 0 Å². The molecule has 1 aromatic carbocycles. The summed E-state index contributed by atoms with van der Waals surface area (Å²) in [5, 5.41) is 2.81. The second-order valence-corrected chi connectivity index (χ2v) is 4.73. The van der Waals surface area contributed by atoms with E-state index in [9.17, 15) is 4.79 Å². The lowest BCUT2D eigenvalue weighted by atomic mass is 10.2. The van der Waals surface area contributed by atoms with Gasteiger partial charge in [0.1, 0.15) is 0 Å². The van der Waals surface area contributed by atoms with E-state index in [0.29, 0.717) is 24.2 Å². The van der Waals surface area contributed by atoms with Gasteiger partial charge in [0.15, 0.2) is 0 Å². The van der Waals surface area contributed by atoms with E-state index in [1.165, 1.54) is 0 Å². The van der Waals surface area contributed by atoms with Crippen LogP contribution in [-0.4, -0.2) is 19.1 Å². The number of carbonyl (C=O) groups excluding carboxylic acids is 1. The molecule has 5 heteroatoms.